The maximum atomic E-state index is 13.8. The van der Waals surface area contributed by atoms with Gasteiger partial charge in [0.2, 0.25) is 0 Å². The third kappa shape index (κ3) is 3.76. The first kappa shape index (κ1) is 20.6. The van der Waals surface area contributed by atoms with Gasteiger partial charge in [-0.2, -0.15) is 0 Å². The minimum absolute atomic E-state index is 0.0765. The van der Waals surface area contributed by atoms with E-state index in [9.17, 15) is 9.59 Å². The molecule has 1 amide bonds. The first-order chi connectivity index (χ1) is 16.1. The molecule has 0 radical (unpaired) electrons. The number of hydrogen-bond donors (Lipinski definition) is 0. The van der Waals surface area contributed by atoms with Gasteiger partial charge in [-0.25, -0.2) is 0 Å². The van der Waals surface area contributed by atoms with Crippen molar-refractivity contribution in [2.45, 2.75) is 58.2 Å². The molecule has 6 heteroatoms. The molecule has 1 unspecified atom stereocenters. The number of benzene rings is 1. The van der Waals surface area contributed by atoms with Crippen molar-refractivity contribution in [1.29, 1.82) is 0 Å². The van der Waals surface area contributed by atoms with Crippen molar-refractivity contribution in [2.24, 2.45) is 5.92 Å². The summed E-state index contributed by atoms with van der Waals surface area (Å²) in [6.45, 7) is 4.60. The topological polar surface area (TPSA) is 64.4 Å². The first-order valence-electron chi connectivity index (χ1n) is 12.1. The minimum atomic E-state index is -0.309. The summed E-state index contributed by atoms with van der Waals surface area (Å²) in [4.78, 5) is 33.4. The standard InChI is InChI=1S/C27H29N3O3/c1-17-7-10-21-20(4-2-5-23(21)28-17)22-14-19-16-29(27(32)25-6-3-13-33-25)12-11-24(19)30(26(22)31)15-18-8-9-18/h2,4-5,7,10,14,18,25H,3,6,8-9,11-13,15-16H2,1H3. The van der Waals surface area contributed by atoms with Gasteiger partial charge >= 0.3 is 0 Å². The van der Waals surface area contributed by atoms with Crippen LogP contribution in [0.5, 0.6) is 0 Å². The molecule has 3 aliphatic rings. The van der Waals surface area contributed by atoms with E-state index in [0.29, 0.717) is 37.6 Å². The molecule has 170 valence electrons. The van der Waals surface area contributed by atoms with Crippen molar-refractivity contribution < 1.29 is 9.53 Å². The Morgan fingerprint density at radius 1 is 1.15 bits per heavy atom. The Bertz CT molecular complexity index is 1300. The highest BCUT2D eigenvalue weighted by molar-refractivity contribution is 5.94. The Morgan fingerprint density at radius 2 is 2.03 bits per heavy atom. The van der Waals surface area contributed by atoms with Crippen molar-refractivity contribution in [2.75, 3.05) is 13.2 Å². The van der Waals surface area contributed by atoms with E-state index in [1.165, 1.54) is 12.8 Å². The van der Waals surface area contributed by atoms with Crippen molar-refractivity contribution in [3.05, 3.63) is 63.7 Å². The van der Waals surface area contributed by atoms with Crippen molar-refractivity contribution in [3.63, 3.8) is 0 Å². The summed E-state index contributed by atoms with van der Waals surface area (Å²) in [5, 5.41) is 0.987. The van der Waals surface area contributed by atoms with Crippen LogP contribution in [-0.2, 0) is 29.0 Å². The van der Waals surface area contributed by atoms with Gasteiger partial charge in [0.25, 0.3) is 11.5 Å². The molecule has 1 saturated carbocycles. The molecule has 2 fully saturated rings. The highest BCUT2D eigenvalue weighted by Gasteiger charge is 2.33. The van der Waals surface area contributed by atoms with Crippen LogP contribution in [0.2, 0.25) is 0 Å². The van der Waals surface area contributed by atoms with Crippen molar-refractivity contribution >= 4 is 16.8 Å². The Labute approximate surface area is 193 Å². The van der Waals surface area contributed by atoms with Gasteiger partial charge in [0.15, 0.2) is 0 Å². The van der Waals surface area contributed by atoms with Gasteiger partial charge in [-0.15, -0.1) is 0 Å². The Hall–Kier alpha value is -2.99. The van der Waals surface area contributed by atoms with E-state index in [0.717, 1.165) is 52.8 Å². The Balaban J connectivity index is 1.46. The molecule has 6 nitrogen and oxygen atoms in total. The number of hydrogen-bond acceptors (Lipinski definition) is 4. The average Bonchev–Trinajstić information content (AvgIpc) is 3.48. The van der Waals surface area contributed by atoms with Gasteiger partial charge in [0.05, 0.1) is 5.52 Å². The average molecular weight is 444 g/mol. The molecule has 2 aromatic heterocycles. The van der Waals surface area contributed by atoms with E-state index in [-0.39, 0.29) is 17.6 Å². The summed E-state index contributed by atoms with van der Waals surface area (Å²) in [6.07, 6.45) is 4.53. The Morgan fingerprint density at radius 3 is 2.82 bits per heavy atom. The number of carbonyl (C=O) groups excluding carboxylic acids is 1. The van der Waals surface area contributed by atoms with E-state index >= 15 is 0 Å². The number of aryl methyl sites for hydroxylation is 1. The van der Waals surface area contributed by atoms with Crippen LogP contribution in [0.4, 0.5) is 0 Å². The minimum Gasteiger partial charge on any atom is -0.368 e. The van der Waals surface area contributed by atoms with Crippen LogP contribution >= 0.6 is 0 Å². The maximum absolute atomic E-state index is 13.8. The predicted molar refractivity (Wildman–Crippen MR) is 127 cm³/mol. The second-order valence-electron chi connectivity index (χ2n) is 9.73. The van der Waals surface area contributed by atoms with Crippen LogP contribution in [0.3, 0.4) is 0 Å². The molecule has 1 atom stereocenters. The number of aromatic nitrogens is 2. The van der Waals surface area contributed by atoms with Crippen LogP contribution in [0.25, 0.3) is 22.0 Å². The van der Waals surface area contributed by atoms with Crippen LogP contribution in [0.15, 0.2) is 41.2 Å². The number of fused-ring (bicyclic) bond motifs is 2. The zero-order valence-electron chi connectivity index (χ0n) is 19.0. The van der Waals surface area contributed by atoms with Gasteiger partial charge in [-0.1, -0.05) is 18.2 Å². The highest BCUT2D eigenvalue weighted by Crippen LogP contribution is 2.34. The molecular weight excluding hydrogens is 414 g/mol. The predicted octanol–water partition coefficient (Wildman–Crippen LogP) is 3.85. The van der Waals surface area contributed by atoms with Crippen molar-refractivity contribution in [1.82, 2.24) is 14.5 Å². The second kappa shape index (κ2) is 8.10. The van der Waals surface area contributed by atoms with E-state index in [2.05, 4.69) is 11.1 Å². The van der Waals surface area contributed by atoms with E-state index < -0.39 is 0 Å². The Kier molecular flexibility index (Phi) is 5.06. The lowest BCUT2D eigenvalue weighted by atomic mass is 9.96. The van der Waals surface area contributed by atoms with E-state index in [4.69, 9.17) is 4.74 Å². The van der Waals surface area contributed by atoms with Gasteiger partial charge in [-0.3, -0.25) is 14.6 Å². The SMILES string of the molecule is Cc1ccc2c(-c3cc4c(n(CC5CC5)c3=O)CCN(C(=O)C3CCCO3)C4)cccc2n1. The summed E-state index contributed by atoms with van der Waals surface area (Å²) < 4.78 is 7.67. The molecule has 2 aliphatic heterocycles. The molecule has 1 saturated heterocycles. The highest BCUT2D eigenvalue weighted by atomic mass is 16.5. The van der Waals surface area contributed by atoms with Gasteiger partial charge in [0.1, 0.15) is 6.10 Å². The third-order valence-electron chi connectivity index (χ3n) is 7.29. The normalized spacial score (nSPS) is 20.3. The van der Waals surface area contributed by atoms with Crippen LogP contribution in [0, 0.1) is 12.8 Å². The summed E-state index contributed by atoms with van der Waals surface area (Å²) in [7, 11) is 0. The number of carbonyl (C=O) groups is 1. The summed E-state index contributed by atoms with van der Waals surface area (Å²) in [6, 6.07) is 12.1. The molecule has 0 N–H and O–H groups in total. The summed E-state index contributed by atoms with van der Waals surface area (Å²) in [5.41, 5.74) is 5.74. The molecule has 3 aromatic rings. The number of pyridine rings is 2. The smallest absolute Gasteiger partial charge is 0.258 e. The molecule has 4 heterocycles. The quantitative estimate of drug-likeness (QED) is 0.615. The zero-order chi connectivity index (χ0) is 22.5. The molecule has 0 spiro atoms. The van der Waals surface area contributed by atoms with E-state index in [1.807, 2.05) is 46.7 Å². The fourth-order valence-corrected chi connectivity index (χ4v) is 5.32. The van der Waals surface area contributed by atoms with Crippen LogP contribution in [-0.4, -0.2) is 39.6 Å². The molecule has 0 bridgehead atoms. The lowest BCUT2D eigenvalue weighted by Crippen LogP contribution is -2.43. The molecule has 33 heavy (non-hydrogen) atoms. The zero-order valence-corrected chi connectivity index (χ0v) is 19.0. The van der Waals surface area contributed by atoms with Crippen LogP contribution in [0.1, 0.15) is 42.6 Å². The van der Waals surface area contributed by atoms with Crippen LogP contribution < -0.4 is 5.56 Å². The third-order valence-corrected chi connectivity index (χ3v) is 7.29. The summed E-state index contributed by atoms with van der Waals surface area (Å²) in [5.74, 6) is 0.676. The first-order valence-corrected chi connectivity index (χ1v) is 12.1. The second-order valence-corrected chi connectivity index (χ2v) is 9.73. The fourth-order valence-electron chi connectivity index (χ4n) is 5.32. The van der Waals surface area contributed by atoms with Gasteiger partial charge < -0.3 is 14.2 Å². The molecule has 1 aromatic carbocycles. The fraction of sp³-hybridized carbons (Fsp3) is 0.444. The number of rotatable bonds is 4. The largest absolute Gasteiger partial charge is 0.368 e. The molecular formula is C27H29N3O3. The maximum Gasteiger partial charge on any atom is 0.258 e. The monoisotopic (exact) mass is 443 g/mol. The van der Waals surface area contributed by atoms with Gasteiger partial charge in [0, 0.05) is 55.0 Å². The number of nitrogens with zero attached hydrogens (tertiary/aromatic N) is 3. The molecule has 6 rings (SSSR count). The lowest BCUT2D eigenvalue weighted by Gasteiger charge is -2.32. The van der Waals surface area contributed by atoms with Gasteiger partial charge in [-0.05, 0) is 67.9 Å². The van der Waals surface area contributed by atoms with Crippen molar-refractivity contribution in [3.8, 4) is 11.1 Å². The van der Waals surface area contributed by atoms with E-state index in [1.54, 1.807) is 0 Å². The lowest BCUT2D eigenvalue weighted by molar-refractivity contribution is -0.141. The summed E-state index contributed by atoms with van der Waals surface area (Å²) >= 11 is 0. The number of amides is 1. The molecule has 1 aliphatic carbocycles. The number of ether oxygens (including phenoxy) is 1.